The molecule has 1 aliphatic rings. The van der Waals surface area contributed by atoms with Crippen LogP contribution in [-0.2, 0) is 4.79 Å². The van der Waals surface area contributed by atoms with Crippen LogP contribution in [0.25, 0.3) is 0 Å². The van der Waals surface area contributed by atoms with Crippen molar-refractivity contribution in [1.29, 1.82) is 0 Å². The van der Waals surface area contributed by atoms with Gasteiger partial charge >= 0.3 is 0 Å². The Kier molecular flexibility index (Phi) is 5.27. The van der Waals surface area contributed by atoms with Crippen LogP contribution >= 0.6 is 0 Å². The fourth-order valence-electron chi connectivity index (χ4n) is 2.85. The highest BCUT2D eigenvalue weighted by molar-refractivity contribution is 5.81. The second kappa shape index (κ2) is 6.97. The third kappa shape index (κ3) is 3.99. The van der Waals surface area contributed by atoms with Crippen LogP contribution in [0.5, 0.6) is 5.75 Å². The number of benzene rings is 1. The molecule has 21 heavy (non-hydrogen) atoms. The summed E-state index contributed by atoms with van der Waals surface area (Å²) in [5, 5.41) is 0. The number of likely N-dealkylation sites (tertiary alicyclic amines) is 1. The van der Waals surface area contributed by atoms with E-state index in [1.165, 1.54) is 17.5 Å². The maximum Gasteiger partial charge on any atom is 0.263 e. The van der Waals surface area contributed by atoms with Gasteiger partial charge in [0.05, 0.1) is 0 Å². The monoisotopic (exact) mass is 289 g/mol. The topological polar surface area (TPSA) is 29.5 Å². The largest absolute Gasteiger partial charge is 0.481 e. The van der Waals surface area contributed by atoms with Crippen molar-refractivity contribution < 1.29 is 9.53 Å². The molecule has 1 fully saturated rings. The van der Waals surface area contributed by atoms with Crippen molar-refractivity contribution in [3.63, 3.8) is 0 Å². The molecular weight excluding hydrogens is 262 g/mol. The van der Waals surface area contributed by atoms with Gasteiger partial charge < -0.3 is 9.64 Å². The minimum atomic E-state index is -0.364. The van der Waals surface area contributed by atoms with Crippen molar-refractivity contribution in [2.45, 2.75) is 53.1 Å². The first-order valence-electron chi connectivity index (χ1n) is 8.04. The van der Waals surface area contributed by atoms with Crippen LogP contribution in [0, 0.1) is 19.8 Å². The van der Waals surface area contributed by atoms with Crippen molar-refractivity contribution >= 4 is 5.91 Å². The van der Waals surface area contributed by atoms with E-state index >= 15 is 0 Å². The minimum Gasteiger partial charge on any atom is -0.481 e. The molecular formula is C18H27NO2. The Balaban J connectivity index is 2.04. The molecule has 0 radical (unpaired) electrons. The summed E-state index contributed by atoms with van der Waals surface area (Å²) >= 11 is 0. The molecule has 0 aromatic heterocycles. The number of carbonyl (C=O) groups is 1. The van der Waals surface area contributed by atoms with Gasteiger partial charge in [0.1, 0.15) is 5.75 Å². The molecule has 1 heterocycles. The number of carbonyl (C=O) groups excluding carboxylic acids is 1. The summed E-state index contributed by atoms with van der Waals surface area (Å²) in [4.78, 5) is 14.6. The van der Waals surface area contributed by atoms with Gasteiger partial charge in [0.15, 0.2) is 6.10 Å². The number of hydrogen-bond acceptors (Lipinski definition) is 2. The molecule has 3 nitrogen and oxygen atoms in total. The maximum absolute atomic E-state index is 12.6. The molecule has 0 N–H and O–H groups in total. The highest BCUT2D eigenvalue weighted by atomic mass is 16.5. The van der Waals surface area contributed by atoms with Crippen molar-refractivity contribution in [3.8, 4) is 5.75 Å². The molecule has 0 saturated carbocycles. The van der Waals surface area contributed by atoms with E-state index in [4.69, 9.17) is 4.74 Å². The fraction of sp³-hybridized carbons (Fsp3) is 0.611. The molecule has 3 heteroatoms. The van der Waals surface area contributed by atoms with Crippen molar-refractivity contribution in [2.24, 2.45) is 5.92 Å². The molecule has 2 rings (SSSR count). The van der Waals surface area contributed by atoms with Crippen LogP contribution in [0.15, 0.2) is 18.2 Å². The number of nitrogens with zero attached hydrogens (tertiary/aromatic N) is 1. The minimum absolute atomic E-state index is 0.141. The maximum atomic E-state index is 12.6. The van der Waals surface area contributed by atoms with Crippen LogP contribution in [0.1, 0.15) is 44.2 Å². The molecule has 1 saturated heterocycles. The SMILES string of the molecule is CC[C@@H](Oc1ccc(C)c(C)c1)C(=O)N1CCC[C@@H](C)C1. The smallest absolute Gasteiger partial charge is 0.263 e. The highest BCUT2D eigenvalue weighted by Crippen LogP contribution is 2.21. The molecule has 2 atom stereocenters. The van der Waals surface area contributed by atoms with Gasteiger partial charge in [-0.25, -0.2) is 0 Å². The fourth-order valence-corrected chi connectivity index (χ4v) is 2.85. The van der Waals surface area contributed by atoms with E-state index < -0.39 is 0 Å². The molecule has 1 aliphatic heterocycles. The standard InChI is InChI=1S/C18H27NO2/c1-5-17(18(20)19-10-6-7-13(2)12-19)21-16-9-8-14(3)15(4)11-16/h8-9,11,13,17H,5-7,10,12H2,1-4H3/t13-,17-/m1/s1. The first-order chi connectivity index (χ1) is 10.0. The Labute approximate surface area is 128 Å². The van der Waals surface area contributed by atoms with Gasteiger partial charge in [-0.15, -0.1) is 0 Å². The summed E-state index contributed by atoms with van der Waals surface area (Å²) in [7, 11) is 0. The molecule has 1 aromatic carbocycles. The molecule has 1 amide bonds. The van der Waals surface area contributed by atoms with Gasteiger partial charge in [-0.2, -0.15) is 0 Å². The first-order valence-corrected chi connectivity index (χ1v) is 8.04. The average molecular weight is 289 g/mol. The normalized spacial score (nSPS) is 20.2. The Bertz CT molecular complexity index is 498. The lowest BCUT2D eigenvalue weighted by Crippen LogP contribution is -2.46. The van der Waals surface area contributed by atoms with Gasteiger partial charge in [-0.05, 0) is 62.3 Å². The van der Waals surface area contributed by atoms with Crippen molar-refractivity contribution in [1.82, 2.24) is 4.90 Å². The Hall–Kier alpha value is -1.51. The van der Waals surface area contributed by atoms with Crippen LogP contribution in [0.4, 0.5) is 0 Å². The van der Waals surface area contributed by atoms with E-state index in [0.717, 1.165) is 25.3 Å². The molecule has 0 bridgehead atoms. The second-order valence-electron chi connectivity index (χ2n) is 6.29. The van der Waals surface area contributed by atoms with E-state index in [2.05, 4.69) is 20.8 Å². The second-order valence-corrected chi connectivity index (χ2v) is 6.29. The number of ether oxygens (including phenoxy) is 1. The number of hydrogen-bond donors (Lipinski definition) is 0. The van der Waals surface area contributed by atoms with Crippen LogP contribution < -0.4 is 4.74 Å². The lowest BCUT2D eigenvalue weighted by molar-refractivity contribution is -0.140. The molecule has 116 valence electrons. The van der Waals surface area contributed by atoms with E-state index in [1.54, 1.807) is 0 Å². The number of amides is 1. The van der Waals surface area contributed by atoms with Gasteiger partial charge in [0.2, 0.25) is 0 Å². The Morgan fingerprint density at radius 3 is 2.76 bits per heavy atom. The van der Waals surface area contributed by atoms with E-state index in [-0.39, 0.29) is 12.0 Å². The van der Waals surface area contributed by atoms with Gasteiger partial charge in [0, 0.05) is 13.1 Å². The van der Waals surface area contributed by atoms with Crippen molar-refractivity contribution in [3.05, 3.63) is 29.3 Å². The predicted octanol–water partition coefficient (Wildman–Crippen LogP) is 3.72. The number of piperidine rings is 1. The van der Waals surface area contributed by atoms with Gasteiger partial charge in [-0.1, -0.05) is 19.9 Å². The average Bonchev–Trinajstić information content (AvgIpc) is 2.47. The quantitative estimate of drug-likeness (QED) is 0.845. The highest BCUT2D eigenvalue weighted by Gasteiger charge is 2.27. The van der Waals surface area contributed by atoms with E-state index in [0.29, 0.717) is 12.3 Å². The van der Waals surface area contributed by atoms with Crippen LogP contribution in [-0.4, -0.2) is 30.0 Å². The summed E-state index contributed by atoms with van der Waals surface area (Å²) < 4.78 is 5.96. The number of aryl methyl sites for hydroxylation is 2. The van der Waals surface area contributed by atoms with Crippen LogP contribution in [0.2, 0.25) is 0 Å². The number of rotatable bonds is 4. The zero-order chi connectivity index (χ0) is 15.4. The zero-order valence-corrected chi connectivity index (χ0v) is 13.7. The third-order valence-electron chi connectivity index (χ3n) is 4.37. The van der Waals surface area contributed by atoms with Gasteiger partial charge in [-0.3, -0.25) is 4.79 Å². The lowest BCUT2D eigenvalue weighted by atomic mass is 9.99. The molecule has 1 aromatic rings. The molecule has 0 aliphatic carbocycles. The van der Waals surface area contributed by atoms with E-state index in [9.17, 15) is 4.79 Å². The predicted molar refractivity (Wildman–Crippen MR) is 85.6 cm³/mol. The summed E-state index contributed by atoms with van der Waals surface area (Å²) in [6.45, 7) is 10.1. The summed E-state index contributed by atoms with van der Waals surface area (Å²) in [6, 6.07) is 6.02. The third-order valence-corrected chi connectivity index (χ3v) is 4.37. The molecule has 0 unspecified atom stereocenters. The molecule has 0 spiro atoms. The summed E-state index contributed by atoms with van der Waals surface area (Å²) in [6.07, 6.45) is 2.67. The van der Waals surface area contributed by atoms with E-state index in [1.807, 2.05) is 30.0 Å². The van der Waals surface area contributed by atoms with Crippen molar-refractivity contribution in [2.75, 3.05) is 13.1 Å². The van der Waals surface area contributed by atoms with Crippen LogP contribution in [0.3, 0.4) is 0 Å². The Morgan fingerprint density at radius 1 is 1.38 bits per heavy atom. The summed E-state index contributed by atoms with van der Waals surface area (Å²) in [5.41, 5.74) is 2.44. The summed E-state index contributed by atoms with van der Waals surface area (Å²) in [5.74, 6) is 1.53. The zero-order valence-electron chi connectivity index (χ0n) is 13.7. The first kappa shape index (κ1) is 15.9. The lowest BCUT2D eigenvalue weighted by Gasteiger charge is -2.33. The van der Waals surface area contributed by atoms with Gasteiger partial charge in [0.25, 0.3) is 5.91 Å². The Morgan fingerprint density at radius 2 is 2.14 bits per heavy atom.